The first-order valence-corrected chi connectivity index (χ1v) is 10.1. The van der Waals surface area contributed by atoms with E-state index in [9.17, 15) is 15.0 Å². The Kier molecular flexibility index (Phi) is 4.85. The zero-order valence-corrected chi connectivity index (χ0v) is 17.7. The fourth-order valence-electron chi connectivity index (χ4n) is 3.79. The molecule has 30 heavy (non-hydrogen) atoms. The molecule has 2 heterocycles. The van der Waals surface area contributed by atoms with Gasteiger partial charge < -0.3 is 19.7 Å². The van der Waals surface area contributed by atoms with E-state index in [-0.39, 0.29) is 40.6 Å². The zero-order chi connectivity index (χ0) is 21.6. The summed E-state index contributed by atoms with van der Waals surface area (Å²) in [6, 6.07) is 7.15. The molecule has 2 aromatic carbocycles. The molecule has 0 saturated heterocycles. The number of ketones is 1. The number of hydrogen-bond donors (Lipinski definition) is 2. The maximum Gasteiger partial charge on any atom is 0.174 e. The maximum atomic E-state index is 12.9. The molecule has 0 bridgehead atoms. The molecule has 2 aromatic rings. The van der Waals surface area contributed by atoms with Crippen molar-refractivity contribution >= 4 is 11.9 Å². The Bertz CT molecular complexity index is 1090. The maximum absolute atomic E-state index is 12.9. The number of fused-ring (bicyclic) bond motifs is 2. The van der Waals surface area contributed by atoms with Gasteiger partial charge in [-0.2, -0.15) is 0 Å². The molecular weight excluding hydrogens is 380 g/mol. The highest BCUT2D eigenvalue weighted by molar-refractivity contribution is 6.03. The summed E-state index contributed by atoms with van der Waals surface area (Å²) in [6.45, 7) is 7.85. The first-order chi connectivity index (χ1) is 14.1. The Morgan fingerprint density at radius 3 is 2.70 bits per heavy atom. The van der Waals surface area contributed by atoms with E-state index < -0.39 is 6.10 Å². The molecule has 2 aliphatic heterocycles. The Hall–Kier alpha value is -3.21. The van der Waals surface area contributed by atoms with E-state index in [1.165, 1.54) is 6.07 Å². The molecule has 0 amide bonds. The molecule has 0 aliphatic carbocycles. The van der Waals surface area contributed by atoms with Gasteiger partial charge in [-0.15, -0.1) is 0 Å². The van der Waals surface area contributed by atoms with Crippen LogP contribution in [0.25, 0.3) is 6.08 Å². The number of allylic oxidation sites excluding steroid dienone is 2. The fraction of sp³-hybridized carbons (Fsp3) is 0.320. The van der Waals surface area contributed by atoms with Crippen molar-refractivity contribution in [2.75, 3.05) is 0 Å². The van der Waals surface area contributed by atoms with Crippen molar-refractivity contribution in [1.82, 2.24) is 0 Å². The van der Waals surface area contributed by atoms with Crippen LogP contribution in [0.5, 0.6) is 23.0 Å². The Balaban J connectivity index is 1.66. The molecule has 156 valence electrons. The minimum atomic E-state index is -0.499. The third kappa shape index (κ3) is 3.67. The van der Waals surface area contributed by atoms with Crippen molar-refractivity contribution in [3.05, 3.63) is 64.2 Å². The number of benzene rings is 2. The van der Waals surface area contributed by atoms with Gasteiger partial charge in [0.1, 0.15) is 40.3 Å². The average Bonchev–Trinajstić information content (AvgIpc) is 2.65. The molecule has 0 radical (unpaired) electrons. The number of ether oxygens (including phenoxy) is 2. The Morgan fingerprint density at radius 1 is 1.20 bits per heavy atom. The lowest BCUT2D eigenvalue weighted by Gasteiger charge is -2.30. The van der Waals surface area contributed by atoms with Crippen molar-refractivity contribution in [1.29, 1.82) is 0 Å². The molecule has 0 fully saturated rings. The SMILES string of the molecule is CC(C)=CCc1c(O)cc2c(c1O)C(=O)C[C@H](c1ccc3c(c1)C=CC(C)(C)O3)O2. The van der Waals surface area contributed by atoms with Gasteiger partial charge in [0, 0.05) is 17.2 Å². The standard InChI is InChI=1S/C25H26O5/c1-14(2)5-7-17-18(26)12-22-23(24(17)28)19(27)13-21(29-22)15-6-8-20-16(11-15)9-10-25(3,4)30-20/h5-6,8-12,21,26,28H,7,13H2,1-4H3/t21-/m1/s1. The largest absolute Gasteiger partial charge is 0.507 e. The summed E-state index contributed by atoms with van der Waals surface area (Å²) in [4.78, 5) is 12.9. The Morgan fingerprint density at radius 2 is 1.97 bits per heavy atom. The number of Topliss-reactive ketones (excluding diaryl/α,β-unsaturated/α-hetero) is 1. The third-order valence-corrected chi connectivity index (χ3v) is 5.42. The highest BCUT2D eigenvalue weighted by Crippen LogP contribution is 2.45. The number of phenols is 2. The second kappa shape index (κ2) is 7.24. The monoisotopic (exact) mass is 406 g/mol. The van der Waals surface area contributed by atoms with Crippen LogP contribution in [0.4, 0.5) is 0 Å². The number of hydrogen-bond acceptors (Lipinski definition) is 5. The van der Waals surface area contributed by atoms with Crippen LogP contribution in [0.1, 0.15) is 67.3 Å². The van der Waals surface area contributed by atoms with Crippen LogP contribution in [-0.4, -0.2) is 21.6 Å². The van der Waals surface area contributed by atoms with Crippen molar-refractivity contribution in [2.45, 2.75) is 52.2 Å². The number of carbonyl (C=O) groups excluding carboxylic acids is 1. The molecule has 1 atom stereocenters. The Labute approximate surface area is 176 Å². The second-order valence-corrected chi connectivity index (χ2v) is 8.65. The molecule has 2 aliphatic rings. The van der Waals surface area contributed by atoms with Crippen LogP contribution >= 0.6 is 0 Å². The summed E-state index contributed by atoms with van der Waals surface area (Å²) in [5.74, 6) is 0.504. The van der Waals surface area contributed by atoms with Crippen LogP contribution in [0.2, 0.25) is 0 Å². The van der Waals surface area contributed by atoms with Crippen molar-refractivity contribution in [2.24, 2.45) is 0 Å². The van der Waals surface area contributed by atoms with Gasteiger partial charge in [0.15, 0.2) is 5.78 Å². The quantitative estimate of drug-likeness (QED) is 0.659. The van der Waals surface area contributed by atoms with E-state index in [4.69, 9.17) is 9.47 Å². The number of aromatic hydroxyl groups is 2. The average molecular weight is 406 g/mol. The second-order valence-electron chi connectivity index (χ2n) is 8.65. The lowest BCUT2D eigenvalue weighted by molar-refractivity contribution is 0.0844. The first-order valence-electron chi connectivity index (χ1n) is 10.1. The highest BCUT2D eigenvalue weighted by Gasteiger charge is 2.33. The van der Waals surface area contributed by atoms with Gasteiger partial charge in [0.2, 0.25) is 0 Å². The van der Waals surface area contributed by atoms with Crippen LogP contribution in [0.15, 0.2) is 42.0 Å². The van der Waals surface area contributed by atoms with E-state index in [2.05, 4.69) is 0 Å². The molecule has 5 heteroatoms. The summed E-state index contributed by atoms with van der Waals surface area (Å²) in [6.07, 6.45) is 5.85. The van der Waals surface area contributed by atoms with Crippen LogP contribution < -0.4 is 9.47 Å². The van der Waals surface area contributed by atoms with E-state index in [0.29, 0.717) is 12.0 Å². The van der Waals surface area contributed by atoms with Crippen molar-refractivity contribution < 1.29 is 24.5 Å². The highest BCUT2D eigenvalue weighted by atomic mass is 16.5. The van der Waals surface area contributed by atoms with Gasteiger partial charge in [-0.3, -0.25) is 4.79 Å². The van der Waals surface area contributed by atoms with E-state index in [1.54, 1.807) is 0 Å². The van der Waals surface area contributed by atoms with E-state index in [1.807, 2.05) is 64.1 Å². The van der Waals surface area contributed by atoms with Gasteiger partial charge in [0.05, 0.1) is 6.42 Å². The molecule has 4 rings (SSSR count). The van der Waals surface area contributed by atoms with Gasteiger partial charge >= 0.3 is 0 Å². The molecular formula is C25H26O5. The summed E-state index contributed by atoms with van der Waals surface area (Å²) in [7, 11) is 0. The minimum Gasteiger partial charge on any atom is -0.507 e. The number of carbonyl (C=O) groups is 1. The van der Waals surface area contributed by atoms with E-state index >= 15 is 0 Å². The summed E-state index contributed by atoms with van der Waals surface area (Å²) in [5.41, 5.74) is 2.95. The lowest BCUT2D eigenvalue weighted by Crippen LogP contribution is -2.27. The van der Waals surface area contributed by atoms with Crippen LogP contribution in [0, 0.1) is 0 Å². The van der Waals surface area contributed by atoms with E-state index in [0.717, 1.165) is 22.4 Å². The molecule has 0 unspecified atom stereocenters. The molecule has 0 saturated carbocycles. The number of rotatable bonds is 3. The first kappa shape index (κ1) is 20.1. The normalized spacial score (nSPS) is 18.7. The molecule has 2 N–H and O–H groups in total. The van der Waals surface area contributed by atoms with Crippen molar-refractivity contribution in [3.8, 4) is 23.0 Å². The predicted octanol–water partition coefficient (Wildman–Crippen LogP) is 5.50. The number of phenolic OH excluding ortho intramolecular Hbond substituents is 2. The lowest BCUT2D eigenvalue weighted by atomic mass is 9.91. The summed E-state index contributed by atoms with van der Waals surface area (Å²) < 4.78 is 12.0. The van der Waals surface area contributed by atoms with Crippen molar-refractivity contribution in [3.63, 3.8) is 0 Å². The molecule has 5 nitrogen and oxygen atoms in total. The van der Waals surface area contributed by atoms with Crippen LogP contribution in [-0.2, 0) is 6.42 Å². The molecule has 0 aromatic heterocycles. The summed E-state index contributed by atoms with van der Waals surface area (Å²) >= 11 is 0. The predicted molar refractivity (Wildman–Crippen MR) is 115 cm³/mol. The van der Waals surface area contributed by atoms with Crippen LogP contribution in [0.3, 0.4) is 0 Å². The zero-order valence-electron chi connectivity index (χ0n) is 17.7. The van der Waals surface area contributed by atoms with Gasteiger partial charge in [-0.05, 0) is 57.9 Å². The third-order valence-electron chi connectivity index (χ3n) is 5.42. The smallest absolute Gasteiger partial charge is 0.174 e. The van der Waals surface area contributed by atoms with Gasteiger partial charge in [-0.1, -0.05) is 23.8 Å². The minimum absolute atomic E-state index is 0.0822. The van der Waals surface area contributed by atoms with Gasteiger partial charge in [-0.25, -0.2) is 0 Å². The molecule has 0 spiro atoms. The fourth-order valence-corrected chi connectivity index (χ4v) is 3.79. The topological polar surface area (TPSA) is 76.0 Å². The summed E-state index contributed by atoms with van der Waals surface area (Å²) in [5, 5.41) is 21.1. The van der Waals surface area contributed by atoms with Gasteiger partial charge in [0.25, 0.3) is 0 Å².